The maximum absolute atomic E-state index is 3.53. The number of rotatable bonds is 6. The molecule has 0 saturated heterocycles. The van der Waals surface area contributed by atoms with Crippen LogP contribution in [0.15, 0.2) is 248 Å². The third-order valence-electron chi connectivity index (χ3n) is 13.5. The molecular formula is C61H38N2. The molecule has 1 atom stereocenters. The van der Waals surface area contributed by atoms with Gasteiger partial charge in [-0.2, -0.15) is 0 Å². The molecule has 9 aromatic carbocycles. The summed E-state index contributed by atoms with van der Waals surface area (Å²) in [5, 5.41) is 2.50. The van der Waals surface area contributed by atoms with Crippen LogP contribution in [0.3, 0.4) is 0 Å². The summed E-state index contributed by atoms with van der Waals surface area (Å²) in [6, 6.07) is 80.0. The van der Waals surface area contributed by atoms with Crippen molar-refractivity contribution >= 4 is 44.4 Å². The molecular weight excluding hydrogens is 761 g/mol. The van der Waals surface area contributed by atoms with Gasteiger partial charge in [0.1, 0.15) is 0 Å². The minimum absolute atomic E-state index is 0.478. The topological polar surface area (TPSA) is 8.17 Å². The number of aromatic nitrogens is 1. The first kappa shape index (κ1) is 35.4. The maximum Gasteiger partial charge on any atom is 0.0733 e. The summed E-state index contributed by atoms with van der Waals surface area (Å²) in [7, 11) is 0. The SMILES string of the molecule is C1=C=C2C(=CC=1)C1(c3ccccc32)c2ccccc2-c2ccc(N(c3ccc(-c4ccccc4)cc3)c3ccc(-c4ccc5c(c4)c4ccccc4n5-c4ccccc4)cc3)cc21. The van der Waals surface area contributed by atoms with Gasteiger partial charge in [-0.3, -0.25) is 0 Å². The molecule has 13 rings (SSSR count). The summed E-state index contributed by atoms with van der Waals surface area (Å²) in [5.41, 5.74) is 28.0. The third kappa shape index (κ3) is 5.21. The Morgan fingerprint density at radius 3 is 1.71 bits per heavy atom. The molecule has 1 aromatic heterocycles. The predicted octanol–water partition coefficient (Wildman–Crippen LogP) is 15.5. The van der Waals surface area contributed by atoms with E-state index in [4.69, 9.17) is 0 Å². The predicted molar refractivity (Wildman–Crippen MR) is 261 cm³/mol. The Morgan fingerprint density at radius 1 is 0.397 bits per heavy atom. The fourth-order valence-electron chi connectivity index (χ4n) is 10.8. The van der Waals surface area contributed by atoms with E-state index in [2.05, 4.69) is 245 Å². The van der Waals surface area contributed by atoms with Gasteiger partial charge in [-0.25, -0.2) is 0 Å². The normalized spacial score (nSPS) is 15.2. The van der Waals surface area contributed by atoms with Crippen molar-refractivity contribution in [3.8, 4) is 39.1 Å². The Kier molecular flexibility index (Phi) is 7.77. The minimum atomic E-state index is -0.478. The summed E-state index contributed by atoms with van der Waals surface area (Å²) >= 11 is 0. The second-order valence-corrected chi connectivity index (χ2v) is 16.7. The molecule has 1 unspecified atom stereocenters. The van der Waals surface area contributed by atoms with E-state index in [0.29, 0.717) is 0 Å². The minimum Gasteiger partial charge on any atom is -0.310 e. The summed E-state index contributed by atoms with van der Waals surface area (Å²) in [6.45, 7) is 0. The van der Waals surface area contributed by atoms with Crippen molar-refractivity contribution in [3.63, 3.8) is 0 Å². The molecule has 292 valence electrons. The number of hydrogen-bond acceptors (Lipinski definition) is 1. The van der Waals surface area contributed by atoms with Gasteiger partial charge in [0.2, 0.25) is 0 Å². The van der Waals surface area contributed by atoms with Gasteiger partial charge < -0.3 is 9.47 Å². The van der Waals surface area contributed by atoms with Crippen molar-refractivity contribution in [2.45, 2.75) is 5.41 Å². The van der Waals surface area contributed by atoms with Crippen molar-refractivity contribution in [1.82, 2.24) is 4.57 Å². The lowest BCUT2D eigenvalue weighted by molar-refractivity contribution is 0.794. The molecule has 3 aliphatic rings. The number of benzene rings is 9. The maximum atomic E-state index is 3.53. The fourth-order valence-corrected chi connectivity index (χ4v) is 10.8. The molecule has 3 aliphatic carbocycles. The summed E-state index contributed by atoms with van der Waals surface area (Å²) < 4.78 is 2.37. The van der Waals surface area contributed by atoms with E-state index >= 15 is 0 Å². The van der Waals surface area contributed by atoms with Crippen LogP contribution < -0.4 is 4.90 Å². The zero-order valence-electron chi connectivity index (χ0n) is 34.3. The average molecular weight is 799 g/mol. The van der Waals surface area contributed by atoms with Crippen LogP contribution in [0.2, 0.25) is 0 Å². The monoisotopic (exact) mass is 798 g/mol. The van der Waals surface area contributed by atoms with Gasteiger partial charge in [0.15, 0.2) is 0 Å². The van der Waals surface area contributed by atoms with E-state index in [-0.39, 0.29) is 0 Å². The highest BCUT2D eigenvalue weighted by atomic mass is 15.1. The van der Waals surface area contributed by atoms with E-state index in [1.165, 1.54) is 83.0 Å². The number of hydrogen-bond donors (Lipinski definition) is 0. The van der Waals surface area contributed by atoms with Gasteiger partial charge >= 0.3 is 0 Å². The highest BCUT2D eigenvalue weighted by Crippen LogP contribution is 2.64. The van der Waals surface area contributed by atoms with Gasteiger partial charge in [0.05, 0.1) is 16.4 Å². The molecule has 0 N–H and O–H groups in total. The van der Waals surface area contributed by atoms with E-state index < -0.39 is 5.41 Å². The Hall–Kier alpha value is -8.38. The van der Waals surface area contributed by atoms with Crippen LogP contribution in [0.4, 0.5) is 17.1 Å². The van der Waals surface area contributed by atoms with Gasteiger partial charge in [0, 0.05) is 39.1 Å². The van der Waals surface area contributed by atoms with Gasteiger partial charge in [-0.05, 0) is 140 Å². The number of fused-ring (bicyclic) bond motifs is 13. The summed E-state index contributed by atoms with van der Waals surface area (Å²) in [4.78, 5) is 2.42. The Morgan fingerprint density at radius 2 is 0.952 bits per heavy atom. The number of anilines is 3. The molecule has 0 fully saturated rings. The summed E-state index contributed by atoms with van der Waals surface area (Å²) in [5.74, 6) is 0. The van der Waals surface area contributed by atoms with Crippen molar-refractivity contribution in [3.05, 3.63) is 270 Å². The van der Waals surface area contributed by atoms with E-state index in [1.54, 1.807) is 0 Å². The van der Waals surface area contributed by atoms with Gasteiger partial charge in [-0.15, -0.1) is 0 Å². The zero-order chi connectivity index (χ0) is 41.5. The Balaban J connectivity index is 0.967. The quantitative estimate of drug-likeness (QED) is 0.152. The lowest BCUT2D eigenvalue weighted by Crippen LogP contribution is -2.26. The molecule has 1 spiro atoms. The second kappa shape index (κ2) is 13.8. The first-order chi connectivity index (χ1) is 31.3. The van der Waals surface area contributed by atoms with Crippen LogP contribution >= 0.6 is 0 Å². The van der Waals surface area contributed by atoms with Crippen LogP contribution in [0, 0.1) is 0 Å². The highest BCUT2D eigenvalue weighted by molar-refractivity contribution is 6.10. The molecule has 0 saturated carbocycles. The lowest BCUT2D eigenvalue weighted by atomic mass is 9.70. The average Bonchev–Trinajstić information content (AvgIpc) is 3.96. The standard InChI is InChI=1S/C61H38N2/c1-3-15-41(16-4-1)42-27-32-46(33-28-42)62(47-34-29-43(30-35-47)44-31-38-60-54(39-44)53-22-10-14-26-59(53)63(60)45-17-5-2-6-18-45)48-36-37-52-51-21-9-13-25-57(51)61(58(52)40-48)55-23-11-7-19-49(55)50-20-8-12-24-56(50)61/h1-7,9-19,21-40H. The number of allylic oxidation sites excluding steroid dienone is 4. The highest BCUT2D eigenvalue weighted by Gasteiger charge is 2.53. The molecule has 0 radical (unpaired) electrons. The number of para-hydroxylation sites is 2. The Labute approximate surface area is 366 Å². The van der Waals surface area contributed by atoms with E-state index in [9.17, 15) is 0 Å². The first-order valence-electron chi connectivity index (χ1n) is 21.7. The summed E-state index contributed by atoms with van der Waals surface area (Å²) in [6.07, 6.45) is 4.29. The largest absolute Gasteiger partial charge is 0.310 e. The van der Waals surface area contributed by atoms with Crippen LogP contribution in [0.5, 0.6) is 0 Å². The van der Waals surface area contributed by atoms with Crippen LogP contribution in [0.1, 0.15) is 22.3 Å². The molecule has 0 aliphatic heterocycles. The molecule has 2 heteroatoms. The van der Waals surface area contributed by atoms with Gasteiger partial charge in [0.25, 0.3) is 0 Å². The van der Waals surface area contributed by atoms with Crippen molar-refractivity contribution in [2.24, 2.45) is 0 Å². The Bertz CT molecular complexity index is 3610. The lowest BCUT2D eigenvalue weighted by Gasteiger charge is -2.32. The number of nitrogens with zero attached hydrogens (tertiary/aromatic N) is 2. The first-order valence-corrected chi connectivity index (χ1v) is 21.7. The smallest absolute Gasteiger partial charge is 0.0733 e. The molecule has 1 heterocycles. The molecule has 0 bridgehead atoms. The van der Waals surface area contributed by atoms with E-state index in [0.717, 1.165) is 28.3 Å². The van der Waals surface area contributed by atoms with Crippen molar-refractivity contribution < 1.29 is 0 Å². The second-order valence-electron chi connectivity index (χ2n) is 16.7. The zero-order valence-corrected chi connectivity index (χ0v) is 34.3. The van der Waals surface area contributed by atoms with Crippen LogP contribution in [-0.4, -0.2) is 4.57 Å². The molecule has 10 aromatic rings. The van der Waals surface area contributed by atoms with Crippen LogP contribution in [0.25, 0.3) is 66.4 Å². The molecule has 0 amide bonds. The van der Waals surface area contributed by atoms with Crippen LogP contribution in [-0.2, 0) is 5.41 Å². The van der Waals surface area contributed by atoms with Gasteiger partial charge in [-0.1, -0.05) is 163 Å². The molecule has 63 heavy (non-hydrogen) atoms. The van der Waals surface area contributed by atoms with E-state index in [1.807, 2.05) is 6.08 Å². The molecule has 2 nitrogen and oxygen atoms in total. The third-order valence-corrected chi connectivity index (χ3v) is 13.5. The fraction of sp³-hybridized carbons (Fsp3) is 0.0164. The van der Waals surface area contributed by atoms with Crippen molar-refractivity contribution in [2.75, 3.05) is 4.90 Å². The van der Waals surface area contributed by atoms with Crippen molar-refractivity contribution in [1.29, 1.82) is 0 Å².